The van der Waals surface area contributed by atoms with Crippen molar-refractivity contribution in [3.63, 3.8) is 0 Å². The number of aromatic hydroxyl groups is 1. The number of carboxylic acids is 1. The third-order valence-corrected chi connectivity index (χ3v) is 3.24. The summed E-state index contributed by atoms with van der Waals surface area (Å²) in [5.74, 6) is -1.28. The Bertz CT molecular complexity index is 824. The number of ether oxygens (including phenoxy) is 3. The number of phenolic OH excluding ortho intramolecular Hbond substituents is 1. The van der Waals surface area contributed by atoms with Crippen molar-refractivity contribution in [3.05, 3.63) is 53.6 Å². The number of esters is 1. The molecule has 2 aromatic rings. The lowest BCUT2D eigenvalue weighted by atomic mass is 10.2. The summed E-state index contributed by atoms with van der Waals surface area (Å²) in [6, 6.07) is 8.52. The van der Waals surface area contributed by atoms with Crippen LogP contribution in [-0.2, 0) is 4.79 Å². The number of rotatable bonds is 6. The van der Waals surface area contributed by atoms with Crippen molar-refractivity contribution in [1.82, 2.24) is 0 Å². The predicted octanol–water partition coefficient (Wildman–Crippen LogP) is 2.73. The number of carboxylic acid groups (broad SMARTS) is 1. The normalized spacial score (nSPS) is 10.5. The lowest BCUT2D eigenvalue weighted by Crippen LogP contribution is -2.06. The van der Waals surface area contributed by atoms with E-state index in [4.69, 9.17) is 19.3 Å². The van der Waals surface area contributed by atoms with Crippen LogP contribution in [-0.4, -0.2) is 36.4 Å². The number of hydrogen-bond acceptors (Lipinski definition) is 6. The highest BCUT2D eigenvalue weighted by molar-refractivity contribution is 5.90. The van der Waals surface area contributed by atoms with Gasteiger partial charge in [0.1, 0.15) is 0 Å². The monoisotopic (exact) mass is 344 g/mol. The molecule has 0 bridgehead atoms. The Morgan fingerprint density at radius 3 is 2.32 bits per heavy atom. The van der Waals surface area contributed by atoms with Crippen molar-refractivity contribution < 1.29 is 34.0 Å². The van der Waals surface area contributed by atoms with Crippen LogP contribution in [0.1, 0.15) is 15.9 Å². The summed E-state index contributed by atoms with van der Waals surface area (Å²) in [5, 5.41) is 18.5. The standard InChI is InChI=1S/C18H16O7/c1-23-15-9-11(3-6-13(15)19)4-8-17(20)25-14-7-5-12(18(21)22)10-16(14)24-2/h3-10,19H,1-2H3,(H,21,22). The molecular weight excluding hydrogens is 328 g/mol. The Labute approximate surface area is 143 Å². The molecule has 0 radical (unpaired) electrons. The second-order valence-electron chi connectivity index (χ2n) is 4.86. The Hall–Kier alpha value is -3.48. The van der Waals surface area contributed by atoms with E-state index in [1.807, 2.05) is 0 Å². The number of phenols is 1. The van der Waals surface area contributed by atoms with Crippen molar-refractivity contribution >= 4 is 18.0 Å². The number of carbonyl (C=O) groups excluding carboxylic acids is 1. The summed E-state index contributed by atoms with van der Waals surface area (Å²) in [6.45, 7) is 0. The molecule has 0 heterocycles. The quantitative estimate of drug-likeness (QED) is 0.472. The highest BCUT2D eigenvalue weighted by atomic mass is 16.6. The van der Waals surface area contributed by atoms with Gasteiger partial charge in [0.2, 0.25) is 0 Å². The average molecular weight is 344 g/mol. The van der Waals surface area contributed by atoms with Crippen LogP contribution in [0.25, 0.3) is 6.08 Å². The van der Waals surface area contributed by atoms with Gasteiger partial charge in [-0.3, -0.25) is 0 Å². The van der Waals surface area contributed by atoms with Gasteiger partial charge in [0.15, 0.2) is 23.0 Å². The van der Waals surface area contributed by atoms with Gasteiger partial charge in [0.25, 0.3) is 0 Å². The molecule has 2 rings (SSSR count). The molecule has 0 spiro atoms. The SMILES string of the molecule is COc1cc(C=CC(=O)Oc2ccc(C(=O)O)cc2OC)ccc1O. The molecule has 7 nitrogen and oxygen atoms in total. The minimum Gasteiger partial charge on any atom is -0.504 e. The van der Waals surface area contributed by atoms with Gasteiger partial charge in [-0.15, -0.1) is 0 Å². The van der Waals surface area contributed by atoms with Crippen LogP contribution in [0, 0.1) is 0 Å². The van der Waals surface area contributed by atoms with Crippen LogP contribution in [0.2, 0.25) is 0 Å². The van der Waals surface area contributed by atoms with E-state index in [0.717, 1.165) is 0 Å². The van der Waals surface area contributed by atoms with Crippen LogP contribution >= 0.6 is 0 Å². The van der Waals surface area contributed by atoms with E-state index >= 15 is 0 Å². The zero-order valence-electron chi connectivity index (χ0n) is 13.6. The molecule has 0 aliphatic heterocycles. The molecule has 0 unspecified atom stereocenters. The minimum absolute atomic E-state index is 0.00881. The first kappa shape index (κ1) is 17.9. The van der Waals surface area contributed by atoms with E-state index in [0.29, 0.717) is 5.56 Å². The summed E-state index contributed by atoms with van der Waals surface area (Å²) in [4.78, 5) is 22.9. The molecule has 0 aliphatic carbocycles. The molecule has 7 heteroatoms. The maximum atomic E-state index is 11.9. The Morgan fingerprint density at radius 2 is 1.68 bits per heavy atom. The molecule has 2 N–H and O–H groups in total. The average Bonchev–Trinajstić information content (AvgIpc) is 2.61. The van der Waals surface area contributed by atoms with Gasteiger partial charge in [-0.1, -0.05) is 6.07 Å². The number of aromatic carboxylic acids is 1. The Balaban J connectivity index is 2.13. The Morgan fingerprint density at radius 1 is 0.960 bits per heavy atom. The topological polar surface area (TPSA) is 102 Å². The maximum absolute atomic E-state index is 11.9. The van der Waals surface area contributed by atoms with Crippen LogP contribution in [0.3, 0.4) is 0 Å². The third-order valence-electron chi connectivity index (χ3n) is 3.24. The summed E-state index contributed by atoms with van der Waals surface area (Å²) < 4.78 is 15.2. The smallest absolute Gasteiger partial charge is 0.336 e. The second-order valence-corrected chi connectivity index (χ2v) is 4.86. The lowest BCUT2D eigenvalue weighted by Gasteiger charge is -2.08. The fourth-order valence-corrected chi connectivity index (χ4v) is 1.99. The van der Waals surface area contributed by atoms with Crippen LogP contribution < -0.4 is 14.2 Å². The van der Waals surface area contributed by atoms with Crippen molar-refractivity contribution in [2.75, 3.05) is 14.2 Å². The Kier molecular flexibility index (Phi) is 5.62. The van der Waals surface area contributed by atoms with E-state index in [1.54, 1.807) is 12.1 Å². The lowest BCUT2D eigenvalue weighted by molar-refractivity contribution is -0.129. The maximum Gasteiger partial charge on any atom is 0.336 e. The first-order valence-electron chi connectivity index (χ1n) is 7.13. The largest absolute Gasteiger partial charge is 0.504 e. The van der Waals surface area contributed by atoms with Crippen LogP contribution in [0.15, 0.2) is 42.5 Å². The number of benzene rings is 2. The number of carbonyl (C=O) groups is 2. The van der Waals surface area contributed by atoms with Gasteiger partial charge in [0, 0.05) is 6.08 Å². The molecule has 0 saturated heterocycles. The highest BCUT2D eigenvalue weighted by Crippen LogP contribution is 2.29. The van der Waals surface area contributed by atoms with E-state index < -0.39 is 11.9 Å². The molecule has 130 valence electrons. The molecule has 25 heavy (non-hydrogen) atoms. The molecule has 2 aromatic carbocycles. The number of methoxy groups -OCH3 is 2. The van der Waals surface area contributed by atoms with E-state index in [1.165, 1.54) is 50.6 Å². The summed E-state index contributed by atoms with van der Waals surface area (Å²) in [7, 11) is 2.76. The van der Waals surface area contributed by atoms with Crippen molar-refractivity contribution in [2.24, 2.45) is 0 Å². The van der Waals surface area contributed by atoms with E-state index in [-0.39, 0.29) is 28.6 Å². The third kappa shape index (κ3) is 4.51. The molecule has 0 amide bonds. The summed E-state index contributed by atoms with van der Waals surface area (Å²) >= 11 is 0. The van der Waals surface area contributed by atoms with Gasteiger partial charge >= 0.3 is 11.9 Å². The zero-order chi connectivity index (χ0) is 18.4. The minimum atomic E-state index is -1.11. The van der Waals surface area contributed by atoms with Gasteiger partial charge < -0.3 is 24.4 Å². The van der Waals surface area contributed by atoms with Crippen molar-refractivity contribution in [3.8, 4) is 23.0 Å². The second kappa shape index (κ2) is 7.87. The molecule has 0 aromatic heterocycles. The molecular formula is C18H16O7. The highest BCUT2D eigenvalue weighted by Gasteiger charge is 2.12. The molecule has 0 aliphatic rings. The van der Waals surface area contributed by atoms with Gasteiger partial charge in [0.05, 0.1) is 19.8 Å². The van der Waals surface area contributed by atoms with Crippen LogP contribution in [0.5, 0.6) is 23.0 Å². The fourth-order valence-electron chi connectivity index (χ4n) is 1.99. The first-order valence-corrected chi connectivity index (χ1v) is 7.13. The molecule has 0 fully saturated rings. The van der Waals surface area contributed by atoms with Crippen LogP contribution in [0.4, 0.5) is 0 Å². The van der Waals surface area contributed by atoms with Crippen molar-refractivity contribution in [2.45, 2.75) is 0 Å². The van der Waals surface area contributed by atoms with Crippen molar-refractivity contribution in [1.29, 1.82) is 0 Å². The summed E-state index contributed by atoms with van der Waals surface area (Å²) in [5.41, 5.74) is 0.642. The zero-order valence-corrected chi connectivity index (χ0v) is 13.6. The molecule has 0 atom stereocenters. The predicted molar refractivity (Wildman–Crippen MR) is 89.3 cm³/mol. The van der Waals surface area contributed by atoms with Gasteiger partial charge in [-0.2, -0.15) is 0 Å². The van der Waals surface area contributed by atoms with E-state index in [2.05, 4.69) is 0 Å². The first-order chi connectivity index (χ1) is 11.9. The molecule has 0 saturated carbocycles. The summed E-state index contributed by atoms with van der Waals surface area (Å²) in [6.07, 6.45) is 2.68. The number of hydrogen-bond donors (Lipinski definition) is 2. The van der Waals surface area contributed by atoms with Gasteiger partial charge in [-0.25, -0.2) is 9.59 Å². The van der Waals surface area contributed by atoms with E-state index in [9.17, 15) is 14.7 Å². The fraction of sp³-hybridized carbons (Fsp3) is 0.111. The van der Waals surface area contributed by atoms with Gasteiger partial charge in [-0.05, 0) is 42.0 Å².